The first-order valence-corrected chi connectivity index (χ1v) is 7.93. The average molecular weight is 463 g/mol. The van der Waals surface area contributed by atoms with Crippen LogP contribution >= 0.6 is 55.1 Å². The molecular weight excluding hydrogens is 453 g/mol. The molecule has 2 aromatic rings. The summed E-state index contributed by atoms with van der Waals surface area (Å²) >= 11 is 17.3. The maximum Gasteiger partial charge on any atom is 0.144 e. The van der Waals surface area contributed by atoms with E-state index in [9.17, 15) is 8.78 Å². The monoisotopic (exact) mass is 460 g/mol. The average Bonchev–Trinajstić information content (AvgIpc) is 2.44. The molecule has 114 valence electrons. The SMILES string of the molecule is COCc1c(Cl)ccc(Br)c1F.Fc1cc(Cl)ccc1Br. The van der Waals surface area contributed by atoms with Crippen molar-refractivity contribution in [2.45, 2.75) is 6.61 Å². The Balaban J connectivity index is 0.000000219. The summed E-state index contributed by atoms with van der Waals surface area (Å²) in [5, 5.41) is 0.799. The van der Waals surface area contributed by atoms with E-state index in [1.165, 1.54) is 13.2 Å². The van der Waals surface area contributed by atoms with Crippen molar-refractivity contribution in [1.82, 2.24) is 0 Å². The lowest BCUT2D eigenvalue weighted by atomic mass is 10.2. The van der Waals surface area contributed by atoms with Crippen LogP contribution in [0.3, 0.4) is 0 Å². The lowest BCUT2D eigenvalue weighted by Gasteiger charge is -2.05. The molecule has 0 saturated carbocycles. The third kappa shape index (κ3) is 5.83. The van der Waals surface area contributed by atoms with E-state index in [0.717, 1.165) is 0 Å². The molecule has 1 nitrogen and oxygen atoms in total. The van der Waals surface area contributed by atoms with Gasteiger partial charge in [0.1, 0.15) is 11.6 Å². The number of rotatable bonds is 2. The molecule has 0 N–H and O–H groups in total. The number of benzene rings is 2. The van der Waals surface area contributed by atoms with Crippen molar-refractivity contribution >= 4 is 55.1 Å². The van der Waals surface area contributed by atoms with Gasteiger partial charge in [0.15, 0.2) is 0 Å². The summed E-state index contributed by atoms with van der Waals surface area (Å²) in [4.78, 5) is 0. The van der Waals surface area contributed by atoms with Crippen molar-refractivity contribution in [3.63, 3.8) is 0 Å². The Hall–Kier alpha value is -0.200. The number of ether oxygens (including phenoxy) is 1. The van der Waals surface area contributed by atoms with Crippen molar-refractivity contribution in [2.24, 2.45) is 0 Å². The number of hydrogen-bond acceptors (Lipinski definition) is 1. The van der Waals surface area contributed by atoms with E-state index >= 15 is 0 Å². The van der Waals surface area contributed by atoms with Crippen LogP contribution < -0.4 is 0 Å². The van der Waals surface area contributed by atoms with Crippen LogP contribution in [0.4, 0.5) is 8.78 Å². The fourth-order valence-corrected chi connectivity index (χ4v) is 2.29. The summed E-state index contributed by atoms with van der Waals surface area (Å²) in [6.45, 7) is 0.185. The first-order valence-electron chi connectivity index (χ1n) is 5.58. The zero-order chi connectivity index (χ0) is 16.0. The largest absolute Gasteiger partial charge is 0.380 e. The molecule has 2 aromatic carbocycles. The quantitative estimate of drug-likeness (QED) is 0.455. The second-order valence-corrected chi connectivity index (χ2v) is 6.37. The van der Waals surface area contributed by atoms with E-state index in [4.69, 9.17) is 27.9 Å². The first-order chi connectivity index (χ1) is 9.86. The van der Waals surface area contributed by atoms with Gasteiger partial charge in [0.05, 0.1) is 15.6 Å². The molecule has 2 rings (SSSR count). The summed E-state index contributed by atoms with van der Waals surface area (Å²) in [6.07, 6.45) is 0. The van der Waals surface area contributed by atoms with Gasteiger partial charge >= 0.3 is 0 Å². The van der Waals surface area contributed by atoms with Gasteiger partial charge < -0.3 is 4.74 Å². The zero-order valence-corrected chi connectivity index (χ0v) is 15.5. The lowest BCUT2D eigenvalue weighted by Crippen LogP contribution is -1.94. The van der Waals surface area contributed by atoms with E-state index in [-0.39, 0.29) is 18.2 Å². The Morgan fingerprint density at radius 1 is 1.05 bits per heavy atom. The van der Waals surface area contributed by atoms with Gasteiger partial charge in [-0.15, -0.1) is 0 Å². The van der Waals surface area contributed by atoms with E-state index < -0.39 is 0 Å². The molecule has 0 amide bonds. The van der Waals surface area contributed by atoms with Gasteiger partial charge in [-0.2, -0.15) is 0 Å². The van der Waals surface area contributed by atoms with E-state index in [1.807, 2.05) is 0 Å². The lowest BCUT2D eigenvalue weighted by molar-refractivity contribution is 0.181. The Kier molecular flexibility index (Phi) is 8.13. The second-order valence-electron chi connectivity index (χ2n) is 3.81. The molecule has 0 bridgehead atoms. The Morgan fingerprint density at radius 2 is 1.67 bits per heavy atom. The topological polar surface area (TPSA) is 9.23 Å². The minimum absolute atomic E-state index is 0.185. The van der Waals surface area contributed by atoms with Gasteiger partial charge in [0.2, 0.25) is 0 Å². The molecule has 7 heteroatoms. The van der Waals surface area contributed by atoms with Crippen LogP contribution in [0.1, 0.15) is 5.56 Å². The number of halogens is 6. The van der Waals surface area contributed by atoms with E-state index in [0.29, 0.717) is 24.6 Å². The van der Waals surface area contributed by atoms with Crippen molar-refractivity contribution < 1.29 is 13.5 Å². The van der Waals surface area contributed by atoms with Gasteiger partial charge in [-0.3, -0.25) is 0 Å². The molecule has 0 saturated heterocycles. The number of hydrogen-bond donors (Lipinski definition) is 0. The van der Waals surface area contributed by atoms with Crippen molar-refractivity contribution in [1.29, 1.82) is 0 Å². The van der Waals surface area contributed by atoms with Crippen LogP contribution in [0.5, 0.6) is 0 Å². The van der Waals surface area contributed by atoms with E-state index in [2.05, 4.69) is 31.9 Å². The first kappa shape index (κ1) is 18.8. The molecule has 0 spiro atoms. The van der Waals surface area contributed by atoms with Crippen LogP contribution in [0.15, 0.2) is 39.3 Å². The molecule has 0 aromatic heterocycles. The maximum atomic E-state index is 13.2. The summed E-state index contributed by atoms with van der Waals surface area (Å²) < 4.78 is 31.3. The highest BCUT2D eigenvalue weighted by Crippen LogP contribution is 2.26. The van der Waals surface area contributed by atoms with E-state index in [1.54, 1.807) is 24.3 Å². The second kappa shape index (κ2) is 9.06. The smallest absolute Gasteiger partial charge is 0.144 e. The highest BCUT2D eigenvalue weighted by Gasteiger charge is 2.09. The standard InChI is InChI=1S/C8H7BrClFO.C6H3BrClF/c1-12-4-5-7(10)3-2-6(9)8(5)11;7-5-2-1-4(8)3-6(5)9/h2-3H,4H2,1H3;1-3H. The van der Waals surface area contributed by atoms with Crippen LogP contribution in [-0.2, 0) is 11.3 Å². The fourth-order valence-electron chi connectivity index (χ4n) is 1.32. The van der Waals surface area contributed by atoms with Crippen LogP contribution in [0.25, 0.3) is 0 Å². The van der Waals surface area contributed by atoms with Gasteiger partial charge in [-0.05, 0) is 62.2 Å². The fraction of sp³-hybridized carbons (Fsp3) is 0.143. The molecule has 0 atom stereocenters. The Morgan fingerprint density at radius 3 is 2.19 bits per heavy atom. The highest BCUT2D eigenvalue weighted by atomic mass is 79.9. The van der Waals surface area contributed by atoms with Gasteiger partial charge in [0, 0.05) is 22.7 Å². The van der Waals surface area contributed by atoms with Crippen molar-refractivity contribution in [3.8, 4) is 0 Å². The van der Waals surface area contributed by atoms with Crippen molar-refractivity contribution in [3.05, 3.63) is 66.5 Å². The molecule has 0 heterocycles. The summed E-state index contributed by atoms with van der Waals surface area (Å²) in [5.74, 6) is -0.688. The maximum absolute atomic E-state index is 13.2. The Bertz CT molecular complexity index is 624. The normalized spacial score (nSPS) is 10.0. The van der Waals surface area contributed by atoms with Crippen LogP contribution in [-0.4, -0.2) is 7.11 Å². The van der Waals surface area contributed by atoms with Crippen LogP contribution in [0, 0.1) is 11.6 Å². The molecule has 21 heavy (non-hydrogen) atoms. The zero-order valence-electron chi connectivity index (χ0n) is 10.8. The molecule has 0 aliphatic rings. The van der Waals surface area contributed by atoms with Crippen molar-refractivity contribution in [2.75, 3.05) is 7.11 Å². The summed E-state index contributed by atoms with van der Waals surface area (Å²) in [6, 6.07) is 7.64. The molecule has 0 aliphatic heterocycles. The molecular formula is C14H10Br2Cl2F2O. The third-order valence-corrected chi connectivity index (χ3v) is 4.15. The minimum Gasteiger partial charge on any atom is -0.380 e. The molecule has 0 radical (unpaired) electrons. The molecule has 0 fully saturated rings. The Labute approximate surface area is 148 Å². The third-order valence-electron chi connectivity index (χ3n) is 2.31. The summed E-state index contributed by atoms with van der Waals surface area (Å²) in [7, 11) is 1.50. The number of methoxy groups -OCH3 is 1. The highest BCUT2D eigenvalue weighted by molar-refractivity contribution is 9.10. The predicted molar refractivity (Wildman–Crippen MR) is 88.9 cm³/mol. The van der Waals surface area contributed by atoms with Gasteiger partial charge in [-0.25, -0.2) is 8.78 Å². The molecule has 0 aliphatic carbocycles. The summed E-state index contributed by atoms with van der Waals surface area (Å²) in [5.41, 5.74) is 0.383. The van der Waals surface area contributed by atoms with Gasteiger partial charge in [-0.1, -0.05) is 23.2 Å². The molecule has 0 unspecified atom stereocenters. The van der Waals surface area contributed by atoms with Crippen LogP contribution in [0.2, 0.25) is 10.0 Å². The predicted octanol–water partition coefficient (Wildman–Crippen LogP) is 6.63. The van der Waals surface area contributed by atoms with Gasteiger partial charge in [0.25, 0.3) is 0 Å². The minimum atomic E-state index is -0.357.